The highest BCUT2D eigenvalue weighted by Gasteiger charge is 2.19. The molecule has 2 heterocycles. The topological polar surface area (TPSA) is 42.7 Å². The normalized spacial score (nSPS) is 17.9. The van der Waals surface area contributed by atoms with Crippen LogP contribution in [-0.2, 0) is 0 Å². The van der Waals surface area contributed by atoms with Gasteiger partial charge in [-0.15, -0.1) is 0 Å². The van der Waals surface area contributed by atoms with E-state index in [4.69, 9.17) is 0 Å². The van der Waals surface area contributed by atoms with Gasteiger partial charge < -0.3 is 5.32 Å². The number of nitrogens with one attached hydrogen (secondary N) is 1. The zero-order valence-corrected chi connectivity index (χ0v) is 12.0. The molecule has 106 valence electrons. The number of hydrogen-bond acceptors (Lipinski definition) is 3. The molecule has 3 rings (SSSR count). The van der Waals surface area contributed by atoms with Crippen molar-refractivity contribution in [3.8, 4) is 5.82 Å². The predicted octanol–water partition coefficient (Wildman–Crippen LogP) is 3.65. The Bertz CT molecular complexity index is 512. The molecule has 4 nitrogen and oxygen atoms in total. The molecule has 4 heteroatoms. The highest BCUT2D eigenvalue weighted by Crippen LogP contribution is 2.28. The molecule has 1 aliphatic rings. The Labute approximate surface area is 120 Å². The lowest BCUT2D eigenvalue weighted by atomic mass is 9.84. The Morgan fingerprint density at radius 2 is 2.10 bits per heavy atom. The lowest BCUT2D eigenvalue weighted by molar-refractivity contribution is 0.328. The van der Waals surface area contributed by atoms with Gasteiger partial charge in [-0.1, -0.05) is 19.3 Å². The summed E-state index contributed by atoms with van der Waals surface area (Å²) in [6.45, 7) is 2.29. The molecular formula is C16H22N4. The molecule has 1 aliphatic carbocycles. The fourth-order valence-electron chi connectivity index (χ4n) is 3.03. The van der Waals surface area contributed by atoms with Gasteiger partial charge in [0.15, 0.2) is 0 Å². The van der Waals surface area contributed by atoms with Gasteiger partial charge in [-0.2, -0.15) is 0 Å². The summed E-state index contributed by atoms with van der Waals surface area (Å²) < 4.78 is 1.91. The van der Waals surface area contributed by atoms with Crippen LogP contribution in [0.15, 0.2) is 37.1 Å². The number of pyridine rings is 1. The number of imidazole rings is 1. The summed E-state index contributed by atoms with van der Waals surface area (Å²) in [5.41, 5.74) is 1.10. The van der Waals surface area contributed by atoms with Crippen molar-refractivity contribution in [3.05, 3.63) is 37.1 Å². The lowest BCUT2D eigenvalue weighted by Gasteiger charge is -2.28. The molecule has 0 bridgehead atoms. The quantitative estimate of drug-likeness (QED) is 0.922. The minimum absolute atomic E-state index is 0.524. The second kappa shape index (κ2) is 6.07. The largest absolute Gasteiger partial charge is 0.381 e. The van der Waals surface area contributed by atoms with Crippen molar-refractivity contribution in [2.75, 3.05) is 5.32 Å². The molecule has 1 unspecified atom stereocenters. The fraction of sp³-hybridized carbons (Fsp3) is 0.500. The van der Waals surface area contributed by atoms with Gasteiger partial charge in [0.1, 0.15) is 12.1 Å². The van der Waals surface area contributed by atoms with E-state index >= 15 is 0 Å². The second-order valence-electron chi connectivity index (χ2n) is 5.71. The van der Waals surface area contributed by atoms with Gasteiger partial charge in [-0.3, -0.25) is 4.57 Å². The third-order valence-corrected chi connectivity index (χ3v) is 4.27. The second-order valence-corrected chi connectivity index (χ2v) is 5.71. The molecule has 0 aliphatic heterocycles. The van der Waals surface area contributed by atoms with Crippen LogP contribution in [0, 0.1) is 5.92 Å². The molecule has 1 N–H and O–H groups in total. The van der Waals surface area contributed by atoms with Crippen LogP contribution in [0.4, 0.5) is 5.69 Å². The average molecular weight is 270 g/mol. The van der Waals surface area contributed by atoms with Gasteiger partial charge >= 0.3 is 0 Å². The smallest absolute Gasteiger partial charge is 0.137 e. The molecule has 2 aromatic heterocycles. The maximum atomic E-state index is 4.48. The average Bonchev–Trinajstić information content (AvgIpc) is 3.03. The summed E-state index contributed by atoms with van der Waals surface area (Å²) in [4.78, 5) is 8.52. The first-order valence-corrected chi connectivity index (χ1v) is 7.54. The maximum Gasteiger partial charge on any atom is 0.137 e. The van der Waals surface area contributed by atoms with E-state index in [0.717, 1.165) is 17.4 Å². The number of nitrogens with zero attached hydrogens (tertiary/aromatic N) is 3. The van der Waals surface area contributed by atoms with Crippen molar-refractivity contribution in [1.29, 1.82) is 0 Å². The number of rotatable bonds is 4. The van der Waals surface area contributed by atoms with E-state index in [9.17, 15) is 0 Å². The SMILES string of the molecule is CC(Nc1ccc(-n2ccnc2)nc1)C1CCCCC1. The lowest BCUT2D eigenvalue weighted by Crippen LogP contribution is -2.27. The van der Waals surface area contributed by atoms with Crippen LogP contribution >= 0.6 is 0 Å². The van der Waals surface area contributed by atoms with Crippen molar-refractivity contribution in [1.82, 2.24) is 14.5 Å². The minimum Gasteiger partial charge on any atom is -0.381 e. The Morgan fingerprint density at radius 1 is 1.25 bits per heavy atom. The Hall–Kier alpha value is -1.84. The number of hydrogen-bond donors (Lipinski definition) is 1. The fourth-order valence-corrected chi connectivity index (χ4v) is 3.03. The standard InChI is InChI=1S/C16H22N4/c1-13(14-5-3-2-4-6-14)19-15-7-8-16(18-11-15)20-10-9-17-12-20/h7-14,19H,2-6H2,1H3. The minimum atomic E-state index is 0.524. The van der Waals surface area contributed by atoms with E-state index in [-0.39, 0.29) is 0 Å². The Balaban J connectivity index is 1.63. The van der Waals surface area contributed by atoms with Crippen molar-refractivity contribution in [2.24, 2.45) is 5.92 Å². The van der Waals surface area contributed by atoms with Gasteiger partial charge in [0.25, 0.3) is 0 Å². The van der Waals surface area contributed by atoms with E-state index in [2.05, 4.69) is 28.3 Å². The first-order chi connectivity index (χ1) is 9.83. The van der Waals surface area contributed by atoms with Crippen molar-refractivity contribution < 1.29 is 0 Å². The van der Waals surface area contributed by atoms with Crippen LogP contribution in [0.2, 0.25) is 0 Å². The molecule has 0 saturated heterocycles. The molecule has 1 atom stereocenters. The van der Waals surface area contributed by atoms with E-state index in [1.807, 2.05) is 23.0 Å². The van der Waals surface area contributed by atoms with Gasteiger partial charge in [-0.25, -0.2) is 9.97 Å². The van der Waals surface area contributed by atoms with Crippen LogP contribution in [0.1, 0.15) is 39.0 Å². The molecule has 1 fully saturated rings. The first-order valence-electron chi connectivity index (χ1n) is 7.54. The molecule has 0 radical (unpaired) electrons. The third-order valence-electron chi connectivity index (χ3n) is 4.27. The van der Waals surface area contributed by atoms with E-state index in [1.54, 1.807) is 12.5 Å². The van der Waals surface area contributed by atoms with Crippen molar-refractivity contribution >= 4 is 5.69 Å². The Kier molecular flexibility index (Phi) is 4.00. The summed E-state index contributed by atoms with van der Waals surface area (Å²) in [7, 11) is 0. The molecular weight excluding hydrogens is 248 g/mol. The summed E-state index contributed by atoms with van der Waals surface area (Å²) in [6.07, 6.45) is 14.2. The number of anilines is 1. The van der Waals surface area contributed by atoms with E-state index in [1.165, 1.54) is 32.1 Å². The zero-order valence-electron chi connectivity index (χ0n) is 12.0. The molecule has 2 aromatic rings. The maximum absolute atomic E-state index is 4.48. The molecule has 1 saturated carbocycles. The van der Waals surface area contributed by atoms with Crippen LogP contribution in [0.5, 0.6) is 0 Å². The molecule has 0 spiro atoms. The van der Waals surface area contributed by atoms with E-state index in [0.29, 0.717) is 6.04 Å². The molecule has 0 amide bonds. The summed E-state index contributed by atoms with van der Waals surface area (Å²) >= 11 is 0. The summed E-state index contributed by atoms with van der Waals surface area (Å²) in [5, 5.41) is 3.60. The highest BCUT2D eigenvalue weighted by atomic mass is 15.1. The summed E-state index contributed by atoms with van der Waals surface area (Å²) in [6, 6.07) is 4.65. The first kappa shape index (κ1) is 13.2. The van der Waals surface area contributed by atoms with Gasteiger partial charge in [0, 0.05) is 18.4 Å². The van der Waals surface area contributed by atoms with Gasteiger partial charge in [0.05, 0.1) is 11.9 Å². The zero-order chi connectivity index (χ0) is 13.8. The summed E-state index contributed by atoms with van der Waals surface area (Å²) in [5.74, 6) is 1.70. The number of aromatic nitrogens is 3. The van der Waals surface area contributed by atoms with Crippen LogP contribution in [0.3, 0.4) is 0 Å². The molecule has 20 heavy (non-hydrogen) atoms. The van der Waals surface area contributed by atoms with E-state index < -0.39 is 0 Å². The third kappa shape index (κ3) is 3.00. The highest BCUT2D eigenvalue weighted by molar-refractivity contribution is 5.44. The Morgan fingerprint density at radius 3 is 2.75 bits per heavy atom. The molecule has 0 aromatic carbocycles. The van der Waals surface area contributed by atoms with Gasteiger partial charge in [0.2, 0.25) is 0 Å². The predicted molar refractivity (Wildman–Crippen MR) is 81.0 cm³/mol. The monoisotopic (exact) mass is 270 g/mol. The van der Waals surface area contributed by atoms with Crippen LogP contribution in [0.25, 0.3) is 5.82 Å². The van der Waals surface area contributed by atoms with Gasteiger partial charge in [-0.05, 0) is 37.8 Å². The van der Waals surface area contributed by atoms with Crippen LogP contribution in [-0.4, -0.2) is 20.6 Å². The van der Waals surface area contributed by atoms with Crippen LogP contribution < -0.4 is 5.32 Å². The van der Waals surface area contributed by atoms with Crippen molar-refractivity contribution in [2.45, 2.75) is 45.1 Å². The van der Waals surface area contributed by atoms with Crippen molar-refractivity contribution in [3.63, 3.8) is 0 Å².